The summed E-state index contributed by atoms with van der Waals surface area (Å²) in [5.41, 5.74) is 0. The van der Waals surface area contributed by atoms with Crippen LogP contribution in [0.2, 0.25) is 0 Å². The van der Waals surface area contributed by atoms with Gasteiger partial charge in [0, 0.05) is 24.2 Å². The first-order valence-electron chi connectivity index (χ1n) is 6.60. The molecule has 0 amide bonds. The molecule has 2 heterocycles. The van der Waals surface area contributed by atoms with E-state index in [-0.39, 0.29) is 6.10 Å². The molecule has 0 bridgehead atoms. The van der Waals surface area contributed by atoms with Gasteiger partial charge in [-0.2, -0.15) is 0 Å². The van der Waals surface area contributed by atoms with E-state index in [0.717, 1.165) is 24.1 Å². The molecular formula is C13H22N2OS. The standard InChI is InChI=1S/C13H22N2OS/c1-11(13-15-8-10-17-13)16-9-4-6-12-5-2-3-7-14-12/h8,10-12,14H,2-7,9H2,1H3/t11-,12-/m1/s1. The van der Waals surface area contributed by atoms with Crippen LogP contribution in [0.5, 0.6) is 0 Å². The molecule has 96 valence electrons. The number of ether oxygens (including phenoxy) is 1. The van der Waals surface area contributed by atoms with E-state index >= 15 is 0 Å². The number of piperidine rings is 1. The minimum Gasteiger partial charge on any atom is -0.371 e. The van der Waals surface area contributed by atoms with Crippen LogP contribution in [0.15, 0.2) is 11.6 Å². The topological polar surface area (TPSA) is 34.1 Å². The first-order valence-corrected chi connectivity index (χ1v) is 7.48. The Hall–Kier alpha value is -0.450. The van der Waals surface area contributed by atoms with Crippen molar-refractivity contribution in [2.45, 2.75) is 51.2 Å². The van der Waals surface area contributed by atoms with E-state index in [2.05, 4.69) is 17.2 Å². The maximum atomic E-state index is 5.80. The quantitative estimate of drug-likeness (QED) is 0.792. The van der Waals surface area contributed by atoms with Crippen LogP contribution in [0.25, 0.3) is 0 Å². The van der Waals surface area contributed by atoms with Crippen molar-refractivity contribution in [3.8, 4) is 0 Å². The van der Waals surface area contributed by atoms with Crippen LogP contribution < -0.4 is 5.32 Å². The zero-order valence-electron chi connectivity index (χ0n) is 10.5. The van der Waals surface area contributed by atoms with Crippen molar-refractivity contribution in [2.24, 2.45) is 0 Å². The number of thiazole rings is 1. The van der Waals surface area contributed by atoms with Gasteiger partial charge in [0.25, 0.3) is 0 Å². The SMILES string of the molecule is C[C@@H](OCCC[C@H]1CCCCN1)c1nccs1. The third-order valence-electron chi connectivity index (χ3n) is 3.28. The molecule has 1 aromatic rings. The summed E-state index contributed by atoms with van der Waals surface area (Å²) >= 11 is 1.67. The lowest BCUT2D eigenvalue weighted by molar-refractivity contribution is 0.0610. The van der Waals surface area contributed by atoms with Gasteiger partial charge >= 0.3 is 0 Å². The zero-order chi connectivity index (χ0) is 11.9. The molecule has 0 spiro atoms. The van der Waals surface area contributed by atoms with E-state index in [4.69, 9.17) is 4.74 Å². The Labute approximate surface area is 108 Å². The Morgan fingerprint density at radius 1 is 1.59 bits per heavy atom. The molecule has 0 radical (unpaired) electrons. The highest BCUT2D eigenvalue weighted by molar-refractivity contribution is 7.09. The first-order chi connectivity index (χ1) is 8.36. The van der Waals surface area contributed by atoms with Crippen LogP contribution in [0.4, 0.5) is 0 Å². The lowest BCUT2D eigenvalue weighted by atomic mass is 10.0. The summed E-state index contributed by atoms with van der Waals surface area (Å²) in [5.74, 6) is 0. The summed E-state index contributed by atoms with van der Waals surface area (Å²) < 4.78 is 5.80. The minimum absolute atomic E-state index is 0.148. The van der Waals surface area contributed by atoms with Gasteiger partial charge in [0.15, 0.2) is 0 Å². The van der Waals surface area contributed by atoms with E-state index in [1.54, 1.807) is 11.3 Å². The van der Waals surface area contributed by atoms with Gasteiger partial charge in [-0.3, -0.25) is 0 Å². The zero-order valence-corrected chi connectivity index (χ0v) is 11.3. The summed E-state index contributed by atoms with van der Waals surface area (Å²) in [4.78, 5) is 4.27. The predicted octanol–water partition coefficient (Wildman–Crippen LogP) is 3.14. The lowest BCUT2D eigenvalue weighted by Gasteiger charge is -2.23. The second kappa shape index (κ2) is 7.09. The van der Waals surface area contributed by atoms with Crippen molar-refractivity contribution in [2.75, 3.05) is 13.2 Å². The predicted molar refractivity (Wildman–Crippen MR) is 71.4 cm³/mol. The Balaban J connectivity index is 1.56. The van der Waals surface area contributed by atoms with Gasteiger partial charge < -0.3 is 10.1 Å². The van der Waals surface area contributed by atoms with Crippen molar-refractivity contribution in [3.05, 3.63) is 16.6 Å². The van der Waals surface area contributed by atoms with E-state index in [9.17, 15) is 0 Å². The van der Waals surface area contributed by atoms with Gasteiger partial charge in [0.2, 0.25) is 0 Å². The fourth-order valence-corrected chi connectivity index (χ4v) is 2.91. The van der Waals surface area contributed by atoms with Gasteiger partial charge in [-0.05, 0) is 39.2 Å². The molecule has 1 aliphatic heterocycles. The molecular weight excluding hydrogens is 232 g/mol. The number of rotatable bonds is 6. The third-order valence-corrected chi connectivity index (χ3v) is 4.21. The van der Waals surface area contributed by atoms with Crippen LogP contribution in [0.3, 0.4) is 0 Å². The average molecular weight is 254 g/mol. The number of aromatic nitrogens is 1. The summed E-state index contributed by atoms with van der Waals surface area (Å²) in [6.45, 7) is 4.12. The molecule has 2 atom stereocenters. The van der Waals surface area contributed by atoms with Crippen LogP contribution in [-0.4, -0.2) is 24.2 Å². The summed E-state index contributed by atoms with van der Waals surface area (Å²) in [5, 5.41) is 6.65. The van der Waals surface area contributed by atoms with E-state index in [1.807, 2.05) is 11.6 Å². The molecule has 1 aromatic heterocycles. The first kappa shape index (κ1) is 13.0. The van der Waals surface area contributed by atoms with Crippen LogP contribution in [-0.2, 0) is 4.74 Å². The molecule has 0 aliphatic carbocycles. The summed E-state index contributed by atoms with van der Waals surface area (Å²) in [6, 6.07) is 0.725. The van der Waals surface area contributed by atoms with Crippen LogP contribution >= 0.6 is 11.3 Å². The smallest absolute Gasteiger partial charge is 0.121 e. The minimum atomic E-state index is 0.148. The highest BCUT2D eigenvalue weighted by atomic mass is 32.1. The molecule has 4 heteroatoms. The summed E-state index contributed by atoms with van der Waals surface area (Å²) in [6.07, 6.45) is 8.43. The fraction of sp³-hybridized carbons (Fsp3) is 0.769. The van der Waals surface area contributed by atoms with Gasteiger partial charge in [-0.1, -0.05) is 6.42 Å². The van der Waals surface area contributed by atoms with E-state index in [0.29, 0.717) is 0 Å². The van der Waals surface area contributed by atoms with Crippen molar-refractivity contribution in [1.82, 2.24) is 10.3 Å². The van der Waals surface area contributed by atoms with Crippen molar-refractivity contribution < 1.29 is 4.74 Å². The molecule has 3 nitrogen and oxygen atoms in total. The van der Waals surface area contributed by atoms with Crippen molar-refractivity contribution >= 4 is 11.3 Å². The van der Waals surface area contributed by atoms with Crippen molar-refractivity contribution in [3.63, 3.8) is 0 Å². The number of hydrogen-bond donors (Lipinski definition) is 1. The summed E-state index contributed by atoms with van der Waals surface area (Å²) in [7, 11) is 0. The number of nitrogens with one attached hydrogen (secondary N) is 1. The van der Waals surface area contributed by atoms with Gasteiger partial charge in [0.1, 0.15) is 11.1 Å². The second-order valence-electron chi connectivity index (χ2n) is 4.67. The molecule has 2 rings (SSSR count). The third kappa shape index (κ3) is 4.37. The van der Waals surface area contributed by atoms with Crippen molar-refractivity contribution in [1.29, 1.82) is 0 Å². The molecule has 1 aliphatic rings. The Kier molecular flexibility index (Phi) is 5.42. The van der Waals surface area contributed by atoms with Gasteiger partial charge in [0.05, 0.1) is 0 Å². The van der Waals surface area contributed by atoms with Gasteiger partial charge in [-0.25, -0.2) is 4.98 Å². The molecule has 0 unspecified atom stereocenters. The number of nitrogens with zero attached hydrogens (tertiary/aromatic N) is 1. The van der Waals surface area contributed by atoms with E-state index < -0.39 is 0 Å². The highest BCUT2D eigenvalue weighted by Gasteiger charge is 2.12. The maximum Gasteiger partial charge on any atom is 0.121 e. The molecule has 1 N–H and O–H groups in total. The Morgan fingerprint density at radius 2 is 2.53 bits per heavy atom. The monoisotopic (exact) mass is 254 g/mol. The maximum absolute atomic E-state index is 5.80. The van der Waals surface area contributed by atoms with Crippen LogP contribution in [0, 0.1) is 0 Å². The lowest BCUT2D eigenvalue weighted by Crippen LogP contribution is -2.34. The fourth-order valence-electron chi connectivity index (χ4n) is 2.27. The Morgan fingerprint density at radius 3 is 3.24 bits per heavy atom. The van der Waals surface area contributed by atoms with Crippen LogP contribution in [0.1, 0.15) is 50.1 Å². The average Bonchev–Trinajstić information content (AvgIpc) is 2.89. The molecule has 0 aromatic carbocycles. The molecule has 17 heavy (non-hydrogen) atoms. The largest absolute Gasteiger partial charge is 0.371 e. The molecule has 0 saturated carbocycles. The molecule has 1 saturated heterocycles. The normalized spacial score (nSPS) is 22.5. The Bertz CT molecular complexity index is 296. The highest BCUT2D eigenvalue weighted by Crippen LogP contribution is 2.19. The second-order valence-corrected chi connectivity index (χ2v) is 5.60. The van der Waals surface area contributed by atoms with E-state index in [1.165, 1.54) is 32.2 Å². The molecule has 1 fully saturated rings. The number of hydrogen-bond acceptors (Lipinski definition) is 4. The van der Waals surface area contributed by atoms with Gasteiger partial charge in [-0.15, -0.1) is 11.3 Å².